The van der Waals surface area contributed by atoms with E-state index in [4.69, 9.17) is 0 Å². The molecule has 4 saturated carbocycles. The fourth-order valence-corrected chi connectivity index (χ4v) is 4.75. The van der Waals surface area contributed by atoms with Gasteiger partial charge in [0.2, 0.25) is 0 Å². The summed E-state index contributed by atoms with van der Waals surface area (Å²) in [5, 5.41) is 4.45. The van der Waals surface area contributed by atoms with E-state index in [-0.39, 0.29) is 35.6 Å². The summed E-state index contributed by atoms with van der Waals surface area (Å²) in [4.78, 5) is 0. The van der Waals surface area contributed by atoms with Gasteiger partial charge in [-0.15, -0.1) is 0 Å². The number of halogens is 3. The first-order valence-corrected chi connectivity index (χ1v) is 7.12. The van der Waals surface area contributed by atoms with Gasteiger partial charge in [-0.3, -0.25) is 4.68 Å². The highest BCUT2D eigenvalue weighted by Crippen LogP contribution is 2.94. The Kier molecular flexibility index (Phi) is 1.70. The zero-order chi connectivity index (χ0) is 12.2. The van der Waals surface area contributed by atoms with Crippen molar-refractivity contribution in [3.63, 3.8) is 0 Å². The Balaban J connectivity index is 1.80. The van der Waals surface area contributed by atoms with Gasteiger partial charge in [-0.1, -0.05) is 0 Å². The van der Waals surface area contributed by atoms with E-state index < -0.39 is 5.92 Å². The maximum Gasteiger partial charge on any atom is 0.252 e. The second-order valence-corrected chi connectivity index (χ2v) is 7.00. The van der Waals surface area contributed by atoms with Crippen molar-refractivity contribution in [1.29, 1.82) is 0 Å². The Hall–Kier alpha value is -0.200. The van der Waals surface area contributed by atoms with Gasteiger partial charge in [-0.2, -0.15) is 5.10 Å². The molecule has 4 aliphatic carbocycles. The molecule has 17 heavy (non-hydrogen) atoms. The maximum atomic E-state index is 13.6. The summed E-state index contributed by atoms with van der Waals surface area (Å²) in [5.74, 6) is -2.33. The second kappa shape index (κ2) is 2.70. The van der Waals surface area contributed by atoms with E-state index in [0.29, 0.717) is 0 Å². The molecule has 1 aromatic rings. The normalized spacial score (nSPS) is 44.0. The number of nitrogens with zero attached hydrogens (tertiary/aromatic N) is 2. The average molecular weight is 350 g/mol. The van der Waals surface area contributed by atoms with Crippen molar-refractivity contribution >= 4 is 22.6 Å². The van der Waals surface area contributed by atoms with Crippen molar-refractivity contribution < 1.29 is 8.78 Å². The van der Waals surface area contributed by atoms with Gasteiger partial charge in [-0.25, -0.2) is 8.78 Å². The van der Waals surface area contributed by atoms with Gasteiger partial charge in [0.1, 0.15) is 3.70 Å². The number of alkyl halides is 2. The molecule has 4 atom stereocenters. The molecule has 2 bridgehead atoms. The summed E-state index contributed by atoms with van der Waals surface area (Å²) in [6, 6.07) is 2.26. The summed E-state index contributed by atoms with van der Waals surface area (Å²) in [6.45, 7) is 4.12. The Morgan fingerprint density at radius 3 is 2.71 bits per heavy atom. The highest BCUT2D eigenvalue weighted by molar-refractivity contribution is 14.1. The van der Waals surface area contributed by atoms with E-state index in [0.717, 1.165) is 9.39 Å². The summed E-state index contributed by atoms with van der Waals surface area (Å²) in [6.07, 6.45) is 0.0994. The molecule has 0 amide bonds. The molecule has 0 aromatic carbocycles. The predicted octanol–water partition coefficient (Wildman–Crippen LogP) is 3.22. The quantitative estimate of drug-likeness (QED) is 0.749. The molecule has 0 saturated heterocycles. The monoisotopic (exact) mass is 350 g/mol. The highest BCUT2D eigenvalue weighted by Gasteiger charge is 2.98. The number of hydrogen-bond donors (Lipinski definition) is 0. The molecular formula is C12H13F2IN2. The second-order valence-electron chi connectivity index (χ2n) is 5.90. The molecule has 0 spiro atoms. The van der Waals surface area contributed by atoms with Crippen molar-refractivity contribution in [2.45, 2.75) is 37.6 Å². The molecule has 2 nitrogen and oxygen atoms in total. The average Bonchev–Trinajstić information content (AvgIpc) is 2.90. The highest BCUT2D eigenvalue weighted by atomic mass is 127. The van der Waals surface area contributed by atoms with Gasteiger partial charge in [0.25, 0.3) is 5.92 Å². The zero-order valence-electron chi connectivity index (χ0n) is 9.62. The molecule has 5 rings (SSSR count). The third-order valence-corrected chi connectivity index (χ3v) is 5.37. The smallest absolute Gasteiger partial charge is 0.252 e. The van der Waals surface area contributed by atoms with Crippen LogP contribution in [0.4, 0.5) is 8.78 Å². The molecule has 4 aliphatic rings. The van der Waals surface area contributed by atoms with E-state index in [1.165, 1.54) is 0 Å². The van der Waals surface area contributed by atoms with Crippen molar-refractivity contribution in [1.82, 2.24) is 9.78 Å². The van der Waals surface area contributed by atoms with Crippen molar-refractivity contribution in [2.75, 3.05) is 0 Å². The summed E-state index contributed by atoms with van der Waals surface area (Å²) in [5.41, 5.74) is 0.874. The van der Waals surface area contributed by atoms with Gasteiger partial charge < -0.3 is 0 Å². The number of aromatic nitrogens is 2. The Bertz CT molecular complexity index is 519. The third kappa shape index (κ3) is 1.00. The summed E-state index contributed by atoms with van der Waals surface area (Å²) < 4.78 is 30.2. The van der Waals surface area contributed by atoms with Crippen LogP contribution in [-0.4, -0.2) is 15.7 Å². The van der Waals surface area contributed by atoms with Gasteiger partial charge in [0.05, 0.1) is 0 Å². The Labute approximate surface area is 112 Å². The first-order chi connectivity index (χ1) is 7.90. The standard InChI is InChI=1S/C12H13F2IN2/c1-5(2)17-7(3-8(15)16-17)12-6-4-11(13,14)10(12)9(6)12/h3,5-6,9-10H,4H2,1-2H3/t6-,9-,10?,12-/m0/s1. The van der Waals surface area contributed by atoms with Gasteiger partial charge in [-0.05, 0) is 54.3 Å². The molecule has 1 aromatic heterocycles. The van der Waals surface area contributed by atoms with E-state index in [2.05, 4.69) is 41.5 Å². The fourth-order valence-electron chi connectivity index (χ4n) is 4.22. The number of hydrogen-bond acceptors (Lipinski definition) is 1. The minimum atomic E-state index is -2.42. The van der Waals surface area contributed by atoms with Crippen LogP contribution in [0.25, 0.3) is 0 Å². The lowest BCUT2D eigenvalue weighted by Crippen LogP contribution is -2.19. The van der Waals surface area contributed by atoms with Crippen LogP contribution in [0.15, 0.2) is 6.07 Å². The minimum absolute atomic E-state index is 0.0994. The summed E-state index contributed by atoms with van der Waals surface area (Å²) >= 11 is 2.17. The maximum absolute atomic E-state index is 13.6. The topological polar surface area (TPSA) is 17.8 Å². The molecule has 5 heteroatoms. The summed E-state index contributed by atoms with van der Waals surface area (Å²) in [7, 11) is 0. The zero-order valence-corrected chi connectivity index (χ0v) is 11.8. The van der Waals surface area contributed by atoms with Crippen LogP contribution in [0.2, 0.25) is 0 Å². The lowest BCUT2D eigenvalue weighted by Gasteiger charge is -2.15. The van der Waals surface area contributed by atoms with Crippen LogP contribution < -0.4 is 0 Å². The molecule has 1 heterocycles. The SMILES string of the molecule is CC(C)n1nc(I)cc1[C@]12C3[C@@H]1[C@@H]2CC3(F)F. The van der Waals surface area contributed by atoms with Crippen LogP contribution in [0.5, 0.6) is 0 Å². The lowest BCUT2D eigenvalue weighted by atomic mass is 10.0. The Morgan fingerprint density at radius 1 is 1.53 bits per heavy atom. The lowest BCUT2D eigenvalue weighted by molar-refractivity contribution is -0.00616. The van der Waals surface area contributed by atoms with Gasteiger partial charge >= 0.3 is 0 Å². The van der Waals surface area contributed by atoms with Crippen molar-refractivity contribution in [2.24, 2.45) is 17.8 Å². The van der Waals surface area contributed by atoms with Crippen LogP contribution in [0, 0.1) is 21.5 Å². The first-order valence-electron chi connectivity index (χ1n) is 6.04. The molecular weight excluding hydrogens is 337 g/mol. The van der Waals surface area contributed by atoms with Crippen LogP contribution in [-0.2, 0) is 5.41 Å². The molecule has 0 radical (unpaired) electrons. The van der Waals surface area contributed by atoms with Gasteiger partial charge in [0, 0.05) is 29.5 Å². The van der Waals surface area contributed by atoms with Gasteiger partial charge in [0.15, 0.2) is 0 Å². The predicted molar refractivity (Wildman–Crippen MR) is 67.0 cm³/mol. The fraction of sp³-hybridized carbons (Fsp3) is 0.750. The first kappa shape index (κ1) is 10.7. The Morgan fingerprint density at radius 2 is 2.24 bits per heavy atom. The third-order valence-electron chi connectivity index (χ3n) is 4.84. The number of rotatable bonds is 2. The van der Waals surface area contributed by atoms with E-state index in [1.54, 1.807) is 0 Å². The van der Waals surface area contributed by atoms with Crippen molar-refractivity contribution in [3.05, 3.63) is 15.5 Å². The minimum Gasteiger partial charge on any atom is -0.265 e. The number of fused-ring (bicyclic) bond motifs is 1. The molecule has 1 unspecified atom stereocenters. The molecule has 0 N–H and O–H groups in total. The van der Waals surface area contributed by atoms with E-state index in [9.17, 15) is 8.78 Å². The van der Waals surface area contributed by atoms with Crippen molar-refractivity contribution in [3.8, 4) is 0 Å². The van der Waals surface area contributed by atoms with E-state index in [1.807, 2.05) is 10.7 Å². The van der Waals surface area contributed by atoms with Crippen LogP contribution in [0.1, 0.15) is 32.0 Å². The van der Waals surface area contributed by atoms with Crippen LogP contribution in [0.3, 0.4) is 0 Å². The van der Waals surface area contributed by atoms with Crippen LogP contribution >= 0.6 is 22.6 Å². The molecule has 0 aliphatic heterocycles. The van der Waals surface area contributed by atoms with E-state index >= 15 is 0 Å². The largest absolute Gasteiger partial charge is 0.265 e. The molecule has 4 fully saturated rings. The molecule has 92 valence electrons.